The molecule has 1 nitrogen and oxygen atoms in total. The molecule has 0 radical (unpaired) electrons. The molecule has 1 N–H and O–H groups in total. The molecule has 0 heterocycles. The molecule has 0 amide bonds. The number of halogens is 3. The van der Waals surface area contributed by atoms with Crippen LogP contribution in [0.5, 0.6) is 0 Å². The largest absolute Gasteiger partial charge is 0.388 e. The van der Waals surface area contributed by atoms with Gasteiger partial charge < -0.3 is 5.11 Å². The van der Waals surface area contributed by atoms with Crippen molar-refractivity contribution in [3.05, 3.63) is 35.1 Å². The van der Waals surface area contributed by atoms with Gasteiger partial charge in [0.05, 0.1) is 11.7 Å². The lowest BCUT2D eigenvalue weighted by atomic mass is 10.0. The van der Waals surface area contributed by atoms with Crippen LogP contribution in [0.15, 0.2) is 12.1 Å². The van der Waals surface area contributed by atoms with Crippen LogP contribution in [0.25, 0.3) is 0 Å². The van der Waals surface area contributed by atoms with Gasteiger partial charge in [0.25, 0.3) is 0 Å². The number of hydrogen-bond donors (Lipinski definition) is 1. The first kappa shape index (κ1) is 11.0. The molecule has 4 heteroatoms. The molecular formula is C10H11F3O. The maximum Gasteiger partial charge on any atom is 0.134 e. The molecule has 0 aliphatic rings. The van der Waals surface area contributed by atoms with Crippen LogP contribution in [0.2, 0.25) is 0 Å². The average Bonchev–Trinajstić information content (AvgIpc) is 2.01. The van der Waals surface area contributed by atoms with E-state index in [0.717, 1.165) is 0 Å². The molecule has 78 valence electrons. The Labute approximate surface area is 80.2 Å². The smallest absolute Gasteiger partial charge is 0.134 e. The Hall–Kier alpha value is -1.03. The Morgan fingerprint density at radius 3 is 2.14 bits per heavy atom. The Bertz CT molecular complexity index is 302. The van der Waals surface area contributed by atoms with Gasteiger partial charge in [-0.05, 0) is 6.42 Å². The summed E-state index contributed by atoms with van der Waals surface area (Å²) in [5.74, 6) is -3.06. The lowest BCUT2D eigenvalue weighted by Crippen LogP contribution is -2.04. The van der Waals surface area contributed by atoms with E-state index in [1.807, 2.05) is 0 Å². The van der Waals surface area contributed by atoms with Crippen molar-refractivity contribution < 1.29 is 18.3 Å². The average molecular weight is 204 g/mol. The first-order chi connectivity index (χ1) is 6.56. The summed E-state index contributed by atoms with van der Waals surface area (Å²) in [7, 11) is 0. The minimum Gasteiger partial charge on any atom is -0.388 e. The van der Waals surface area contributed by atoms with Crippen molar-refractivity contribution >= 4 is 0 Å². The number of rotatable bonds is 3. The van der Waals surface area contributed by atoms with Gasteiger partial charge in [-0.15, -0.1) is 0 Å². The van der Waals surface area contributed by atoms with E-state index >= 15 is 0 Å². The fraction of sp³-hybridized carbons (Fsp3) is 0.400. The fourth-order valence-corrected chi connectivity index (χ4v) is 1.29. The van der Waals surface area contributed by atoms with E-state index in [2.05, 4.69) is 0 Å². The molecule has 1 atom stereocenters. The van der Waals surface area contributed by atoms with Crippen molar-refractivity contribution in [3.8, 4) is 0 Å². The molecule has 1 aromatic rings. The van der Waals surface area contributed by atoms with Gasteiger partial charge in [-0.25, -0.2) is 13.2 Å². The van der Waals surface area contributed by atoms with Crippen LogP contribution >= 0.6 is 0 Å². The zero-order valence-electron chi connectivity index (χ0n) is 7.73. The molecule has 14 heavy (non-hydrogen) atoms. The summed E-state index contributed by atoms with van der Waals surface area (Å²) in [5.41, 5.74) is -0.451. The molecule has 0 bridgehead atoms. The molecular weight excluding hydrogens is 193 g/mol. The maximum atomic E-state index is 13.0. The van der Waals surface area contributed by atoms with E-state index in [1.165, 1.54) is 0 Å². The summed E-state index contributed by atoms with van der Waals surface area (Å²) in [6, 6.07) is 1.13. The van der Waals surface area contributed by atoms with Crippen molar-refractivity contribution in [2.24, 2.45) is 0 Å². The van der Waals surface area contributed by atoms with E-state index < -0.39 is 29.1 Å². The van der Waals surface area contributed by atoms with Crippen LogP contribution in [0.3, 0.4) is 0 Å². The van der Waals surface area contributed by atoms with Crippen molar-refractivity contribution in [2.45, 2.75) is 25.9 Å². The second-order valence-electron chi connectivity index (χ2n) is 3.09. The Kier molecular flexibility index (Phi) is 3.52. The van der Waals surface area contributed by atoms with Crippen molar-refractivity contribution in [3.63, 3.8) is 0 Å². The summed E-state index contributed by atoms with van der Waals surface area (Å²) in [6.07, 6.45) is -0.364. The van der Waals surface area contributed by atoms with Crippen molar-refractivity contribution in [1.29, 1.82) is 0 Å². The molecule has 0 aliphatic carbocycles. The van der Waals surface area contributed by atoms with Gasteiger partial charge in [0.15, 0.2) is 0 Å². The molecule has 1 aromatic carbocycles. The predicted molar refractivity (Wildman–Crippen MR) is 46.2 cm³/mol. The monoisotopic (exact) mass is 204 g/mol. The normalized spacial score (nSPS) is 12.9. The van der Waals surface area contributed by atoms with Gasteiger partial charge in [-0.1, -0.05) is 13.3 Å². The van der Waals surface area contributed by atoms with Crippen LogP contribution in [0.4, 0.5) is 13.2 Å². The van der Waals surface area contributed by atoms with Crippen LogP contribution < -0.4 is 0 Å². The minimum absolute atomic E-state index is 0.249. The van der Waals surface area contributed by atoms with E-state index in [9.17, 15) is 18.3 Å². The summed E-state index contributed by atoms with van der Waals surface area (Å²) in [4.78, 5) is 0. The SMILES string of the molecule is CCC[C@H](O)c1c(F)cc(F)cc1F. The van der Waals surface area contributed by atoms with Gasteiger partial charge in [0, 0.05) is 12.1 Å². The molecule has 0 saturated carbocycles. The second kappa shape index (κ2) is 4.46. The lowest BCUT2D eigenvalue weighted by Gasteiger charge is -2.11. The third kappa shape index (κ3) is 2.26. The highest BCUT2D eigenvalue weighted by Gasteiger charge is 2.18. The minimum atomic E-state index is -1.21. The fourth-order valence-electron chi connectivity index (χ4n) is 1.29. The third-order valence-electron chi connectivity index (χ3n) is 1.94. The quantitative estimate of drug-likeness (QED) is 0.802. The molecule has 0 aliphatic heterocycles. The number of aliphatic hydroxyl groups excluding tert-OH is 1. The number of aliphatic hydroxyl groups is 1. The molecule has 0 aromatic heterocycles. The predicted octanol–water partition coefficient (Wildman–Crippen LogP) is 2.94. The molecule has 0 saturated heterocycles. The van der Waals surface area contributed by atoms with Crippen molar-refractivity contribution in [2.75, 3.05) is 0 Å². The van der Waals surface area contributed by atoms with Crippen molar-refractivity contribution in [1.82, 2.24) is 0 Å². The van der Waals surface area contributed by atoms with Crippen LogP contribution in [0, 0.1) is 17.5 Å². The van der Waals surface area contributed by atoms with E-state index in [-0.39, 0.29) is 6.42 Å². The van der Waals surface area contributed by atoms with Crippen LogP contribution in [0.1, 0.15) is 31.4 Å². The topological polar surface area (TPSA) is 20.2 Å². The third-order valence-corrected chi connectivity index (χ3v) is 1.94. The maximum absolute atomic E-state index is 13.0. The second-order valence-corrected chi connectivity index (χ2v) is 3.09. The zero-order valence-corrected chi connectivity index (χ0v) is 7.73. The van der Waals surface area contributed by atoms with E-state index in [1.54, 1.807) is 6.92 Å². The molecule has 0 unspecified atom stereocenters. The first-order valence-electron chi connectivity index (χ1n) is 4.38. The zero-order chi connectivity index (χ0) is 10.7. The highest BCUT2D eigenvalue weighted by atomic mass is 19.1. The van der Waals surface area contributed by atoms with Gasteiger partial charge >= 0.3 is 0 Å². The van der Waals surface area contributed by atoms with Gasteiger partial charge in [0.2, 0.25) is 0 Å². The number of benzene rings is 1. The Morgan fingerprint density at radius 1 is 1.21 bits per heavy atom. The molecule has 0 spiro atoms. The van der Waals surface area contributed by atoms with Gasteiger partial charge in [-0.3, -0.25) is 0 Å². The lowest BCUT2D eigenvalue weighted by molar-refractivity contribution is 0.156. The Balaban J connectivity index is 3.07. The summed E-state index contributed by atoms with van der Waals surface area (Å²) < 4.78 is 38.6. The highest BCUT2D eigenvalue weighted by molar-refractivity contribution is 5.22. The summed E-state index contributed by atoms with van der Waals surface area (Å²) in [6.45, 7) is 1.78. The molecule has 1 rings (SSSR count). The Morgan fingerprint density at radius 2 is 1.71 bits per heavy atom. The highest BCUT2D eigenvalue weighted by Crippen LogP contribution is 2.24. The first-order valence-corrected chi connectivity index (χ1v) is 4.38. The standard InChI is InChI=1S/C10H11F3O/c1-2-3-9(14)10-7(12)4-6(11)5-8(10)13/h4-5,9,14H,2-3H2,1H3/t9-/m0/s1. The van der Waals surface area contributed by atoms with Gasteiger partial charge in [0.1, 0.15) is 17.5 Å². The molecule has 0 fully saturated rings. The van der Waals surface area contributed by atoms with Crippen LogP contribution in [-0.4, -0.2) is 5.11 Å². The van der Waals surface area contributed by atoms with E-state index in [4.69, 9.17) is 0 Å². The van der Waals surface area contributed by atoms with Gasteiger partial charge in [-0.2, -0.15) is 0 Å². The number of hydrogen-bond acceptors (Lipinski definition) is 1. The van der Waals surface area contributed by atoms with E-state index in [0.29, 0.717) is 18.6 Å². The van der Waals surface area contributed by atoms with Crippen LogP contribution in [-0.2, 0) is 0 Å². The summed E-state index contributed by atoms with van der Waals surface area (Å²) >= 11 is 0. The summed E-state index contributed by atoms with van der Waals surface area (Å²) in [5, 5.41) is 9.37.